The zero-order chi connectivity index (χ0) is 12.7. The molecule has 1 saturated carbocycles. The summed E-state index contributed by atoms with van der Waals surface area (Å²) in [5.74, 6) is 0.694. The largest absolute Gasteiger partial charge is 0.393 e. The first-order chi connectivity index (χ1) is 8.08. The first-order valence-corrected chi connectivity index (χ1v) is 6.80. The van der Waals surface area contributed by atoms with E-state index in [1.807, 2.05) is 0 Å². The number of carbonyl (C=O) groups excluding carboxylic acids is 1. The molecule has 4 heteroatoms. The maximum atomic E-state index is 11.6. The van der Waals surface area contributed by atoms with Crippen LogP contribution in [0.4, 0.5) is 4.79 Å². The van der Waals surface area contributed by atoms with Gasteiger partial charge in [-0.2, -0.15) is 0 Å². The van der Waals surface area contributed by atoms with Crippen LogP contribution in [0, 0.1) is 5.92 Å². The van der Waals surface area contributed by atoms with Crippen molar-refractivity contribution in [2.45, 2.75) is 64.5 Å². The molecule has 1 rings (SSSR count). The first-order valence-electron chi connectivity index (χ1n) is 6.80. The number of urea groups is 1. The highest BCUT2D eigenvalue weighted by Gasteiger charge is 2.20. The van der Waals surface area contributed by atoms with Crippen LogP contribution in [0.5, 0.6) is 0 Å². The van der Waals surface area contributed by atoms with E-state index in [4.69, 9.17) is 0 Å². The van der Waals surface area contributed by atoms with E-state index in [1.165, 1.54) is 0 Å². The monoisotopic (exact) mass is 242 g/mol. The van der Waals surface area contributed by atoms with Gasteiger partial charge < -0.3 is 15.7 Å². The zero-order valence-corrected chi connectivity index (χ0v) is 11.0. The summed E-state index contributed by atoms with van der Waals surface area (Å²) >= 11 is 0. The van der Waals surface area contributed by atoms with Crippen molar-refractivity contribution in [1.82, 2.24) is 10.6 Å². The minimum atomic E-state index is -0.165. The molecule has 0 bridgehead atoms. The van der Waals surface area contributed by atoms with E-state index in [-0.39, 0.29) is 18.2 Å². The third-order valence-electron chi connectivity index (χ3n) is 3.28. The van der Waals surface area contributed by atoms with Gasteiger partial charge in [-0.1, -0.05) is 13.8 Å². The van der Waals surface area contributed by atoms with Crippen LogP contribution >= 0.6 is 0 Å². The lowest BCUT2D eigenvalue weighted by Crippen LogP contribution is -2.44. The molecule has 0 spiro atoms. The summed E-state index contributed by atoms with van der Waals surface area (Å²) in [4.78, 5) is 11.6. The van der Waals surface area contributed by atoms with Crippen LogP contribution in [0.2, 0.25) is 0 Å². The van der Waals surface area contributed by atoms with Gasteiger partial charge in [0.25, 0.3) is 0 Å². The molecule has 1 fully saturated rings. The fraction of sp³-hybridized carbons (Fsp3) is 0.923. The predicted octanol–water partition coefficient (Wildman–Crippen LogP) is 2.03. The van der Waals surface area contributed by atoms with Gasteiger partial charge in [-0.25, -0.2) is 4.79 Å². The Morgan fingerprint density at radius 2 is 1.94 bits per heavy atom. The Hall–Kier alpha value is -0.770. The van der Waals surface area contributed by atoms with E-state index < -0.39 is 0 Å². The lowest BCUT2D eigenvalue weighted by Gasteiger charge is -2.26. The number of aliphatic hydroxyl groups is 1. The van der Waals surface area contributed by atoms with Crippen LogP contribution in [0.15, 0.2) is 0 Å². The number of amides is 2. The Morgan fingerprint density at radius 1 is 1.29 bits per heavy atom. The SMILES string of the molecule is CC(C)CCCNC(=O)NC1CCC(O)CC1. The Labute approximate surface area is 104 Å². The topological polar surface area (TPSA) is 61.4 Å². The Bertz CT molecular complexity index is 223. The molecule has 0 aromatic rings. The van der Waals surface area contributed by atoms with E-state index >= 15 is 0 Å². The van der Waals surface area contributed by atoms with Crippen molar-refractivity contribution in [2.24, 2.45) is 5.92 Å². The van der Waals surface area contributed by atoms with Crippen molar-refractivity contribution in [1.29, 1.82) is 0 Å². The van der Waals surface area contributed by atoms with Crippen LogP contribution in [-0.4, -0.2) is 29.8 Å². The van der Waals surface area contributed by atoms with Crippen molar-refractivity contribution in [3.63, 3.8) is 0 Å². The highest BCUT2D eigenvalue weighted by molar-refractivity contribution is 5.74. The molecule has 0 radical (unpaired) electrons. The van der Waals surface area contributed by atoms with Gasteiger partial charge in [0.1, 0.15) is 0 Å². The van der Waals surface area contributed by atoms with Crippen molar-refractivity contribution < 1.29 is 9.90 Å². The molecule has 0 atom stereocenters. The minimum absolute atomic E-state index is 0.0601. The number of aliphatic hydroxyl groups excluding tert-OH is 1. The lowest BCUT2D eigenvalue weighted by molar-refractivity contribution is 0.117. The summed E-state index contributed by atoms with van der Waals surface area (Å²) in [6, 6.07) is 0.179. The fourth-order valence-electron chi connectivity index (χ4n) is 2.17. The van der Waals surface area contributed by atoms with Gasteiger partial charge in [-0.05, 0) is 44.4 Å². The summed E-state index contributed by atoms with van der Waals surface area (Å²) in [6.45, 7) is 5.13. The number of nitrogens with one attached hydrogen (secondary N) is 2. The molecule has 1 aliphatic rings. The van der Waals surface area contributed by atoms with E-state index in [0.717, 1.165) is 45.1 Å². The molecular weight excluding hydrogens is 216 g/mol. The van der Waals surface area contributed by atoms with Crippen LogP contribution in [0.3, 0.4) is 0 Å². The molecule has 0 saturated heterocycles. The summed E-state index contributed by atoms with van der Waals surface area (Å²) in [5.41, 5.74) is 0. The number of rotatable bonds is 5. The smallest absolute Gasteiger partial charge is 0.315 e. The lowest BCUT2D eigenvalue weighted by atomic mass is 9.93. The third kappa shape index (κ3) is 6.51. The summed E-state index contributed by atoms with van der Waals surface area (Å²) in [6.07, 6.45) is 5.41. The van der Waals surface area contributed by atoms with Gasteiger partial charge in [0.2, 0.25) is 0 Å². The molecule has 0 aliphatic heterocycles. The van der Waals surface area contributed by atoms with Crippen molar-refractivity contribution >= 4 is 6.03 Å². The van der Waals surface area contributed by atoms with Crippen LogP contribution in [-0.2, 0) is 0 Å². The standard InChI is InChI=1S/C13H26N2O2/c1-10(2)4-3-9-14-13(17)15-11-5-7-12(16)8-6-11/h10-12,16H,3-9H2,1-2H3,(H2,14,15,17). The average molecular weight is 242 g/mol. The van der Waals surface area contributed by atoms with Crippen LogP contribution in [0.25, 0.3) is 0 Å². The van der Waals surface area contributed by atoms with Crippen LogP contribution in [0.1, 0.15) is 52.4 Å². The summed E-state index contributed by atoms with van der Waals surface area (Å²) in [5, 5.41) is 15.2. The Balaban J connectivity index is 2.04. The molecule has 4 nitrogen and oxygen atoms in total. The first kappa shape index (κ1) is 14.3. The normalized spacial score (nSPS) is 24.7. The molecule has 2 amide bonds. The second-order valence-corrected chi connectivity index (χ2v) is 5.44. The van der Waals surface area contributed by atoms with Gasteiger partial charge in [0.05, 0.1) is 6.10 Å². The third-order valence-corrected chi connectivity index (χ3v) is 3.28. The molecule has 17 heavy (non-hydrogen) atoms. The average Bonchev–Trinajstić information content (AvgIpc) is 2.27. The molecule has 1 aliphatic carbocycles. The number of carbonyl (C=O) groups is 1. The van der Waals surface area contributed by atoms with Gasteiger partial charge in [-0.15, -0.1) is 0 Å². The van der Waals surface area contributed by atoms with Crippen molar-refractivity contribution in [3.8, 4) is 0 Å². The van der Waals surface area contributed by atoms with Crippen molar-refractivity contribution in [2.75, 3.05) is 6.54 Å². The minimum Gasteiger partial charge on any atom is -0.393 e. The maximum Gasteiger partial charge on any atom is 0.315 e. The predicted molar refractivity (Wildman–Crippen MR) is 68.9 cm³/mol. The molecule has 0 aromatic heterocycles. The highest BCUT2D eigenvalue weighted by atomic mass is 16.3. The maximum absolute atomic E-state index is 11.6. The van der Waals surface area contributed by atoms with Crippen LogP contribution < -0.4 is 10.6 Å². The fourth-order valence-corrected chi connectivity index (χ4v) is 2.17. The highest BCUT2D eigenvalue weighted by Crippen LogP contribution is 2.17. The van der Waals surface area contributed by atoms with Gasteiger partial charge >= 0.3 is 6.03 Å². The van der Waals surface area contributed by atoms with E-state index in [1.54, 1.807) is 0 Å². The molecule has 3 N–H and O–H groups in total. The molecule has 0 heterocycles. The van der Waals surface area contributed by atoms with E-state index in [0.29, 0.717) is 5.92 Å². The van der Waals surface area contributed by atoms with Gasteiger partial charge in [0, 0.05) is 12.6 Å². The number of hydrogen-bond acceptors (Lipinski definition) is 2. The second-order valence-electron chi connectivity index (χ2n) is 5.44. The van der Waals surface area contributed by atoms with Crippen molar-refractivity contribution in [3.05, 3.63) is 0 Å². The summed E-state index contributed by atoms with van der Waals surface area (Å²) < 4.78 is 0. The molecule has 0 unspecified atom stereocenters. The Morgan fingerprint density at radius 3 is 2.53 bits per heavy atom. The second kappa shape index (κ2) is 7.54. The molecule has 100 valence electrons. The van der Waals surface area contributed by atoms with E-state index in [9.17, 15) is 9.90 Å². The quantitative estimate of drug-likeness (QED) is 0.646. The van der Waals surface area contributed by atoms with Gasteiger partial charge in [-0.3, -0.25) is 0 Å². The summed E-state index contributed by atoms with van der Waals surface area (Å²) in [7, 11) is 0. The number of hydrogen-bond donors (Lipinski definition) is 3. The van der Waals surface area contributed by atoms with Gasteiger partial charge in [0.15, 0.2) is 0 Å². The Kier molecular flexibility index (Phi) is 6.34. The van der Waals surface area contributed by atoms with E-state index in [2.05, 4.69) is 24.5 Å². The zero-order valence-electron chi connectivity index (χ0n) is 11.0. The molecular formula is C13H26N2O2. The molecule has 0 aromatic carbocycles.